The molecule has 0 bridgehead atoms. The van der Waals surface area contributed by atoms with Crippen molar-refractivity contribution in [3.05, 3.63) is 60.7 Å². The summed E-state index contributed by atoms with van der Waals surface area (Å²) < 4.78 is 0. The van der Waals surface area contributed by atoms with Gasteiger partial charge in [-0.3, -0.25) is 0 Å². The van der Waals surface area contributed by atoms with Gasteiger partial charge in [0.15, 0.2) is 0 Å². The van der Waals surface area contributed by atoms with Gasteiger partial charge >= 0.3 is 0 Å². The molecule has 4 heteroatoms. The molecule has 1 aliphatic heterocycles. The Balaban J connectivity index is 1.88. The minimum atomic E-state index is 0.516. The normalized spacial score (nSPS) is 15.3. The molecule has 1 saturated heterocycles. The average Bonchev–Trinajstić information content (AvgIpc) is 2.77. The number of anilines is 2. The van der Waals surface area contributed by atoms with E-state index < -0.39 is 0 Å². The molecule has 0 aliphatic carbocycles. The predicted molar refractivity (Wildman–Crippen MR) is 85.9 cm³/mol. The molecule has 2 aromatic carbocycles. The third-order valence-electron chi connectivity index (χ3n) is 4.16. The summed E-state index contributed by atoms with van der Waals surface area (Å²) in [5.74, 6) is 0. The van der Waals surface area contributed by atoms with Gasteiger partial charge in [-0.05, 0) is 24.3 Å². The number of hydrogen-bond donors (Lipinski definition) is 0. The molecule has 0 unspecified atom stereocenters. The van der Waals surface area contributed by atoms with Crippen LogP contribution in [0.25, 0.3) is 0 Å². The lowest BCUT2D eigenvalue weighted by atomic mass is 9.22. The molecule has 1 fully saturated rings. The molecule has 0 atom stereocenters. The molecule has 0 N–H and O–H groups in total. The summed E-state index contributed by atoms with van der Waals surface area (Å²) in [6.45, 7) is 6.60. The fourth-order valence-corrected chi connectivity index (χ4v) is 2.82. The van der Waals surface area contributed by atoms with Gasteiger partial charge in [0.25, 0.3) is 0 Å². The van der Waals surface area contributed by atoms with Crippen LogP contribution in [0.15, 0.2) is 60.7 Å². The Labute approximate surface area is 116 Å². The summed E-state index contributed by atoms with van der Waals surface area (Å²) in [5.41, 5.74) is 2.61. The van der Waals surface area contributed by atoms with Crippen LogP contribution in [0.4, 0.5) is 11.4 Å². The molecular weight excluding hydrogens is 230 g/mol. The van der Waals surface area contributed by atoms with Gasteiger partial charge in [0.05, 0.1) is 6.67 Å². The largest absolute Gasteiger partial charge is 0.405 e. The third-order valence-corrected chi connectivity index (χ3v) is 4.16. The van der Waals surface area contributed by atoms with E-state index in [0.717, 1.165) is 6.67 Å². The van der Waals surface area contributed by atoms with Crippen LogP contribution in [0.5, 0.6) is 0 Å². The van der Waals surface area contributed by atoms with Crippen molar-refractivity contribution in [3.8, 4) is 0 Å². The summed E-state index contributed by atoms with van der Waals surface area (Å²) in [6.07, 6.45) is 0. The SMILES string of the molecule is CB1B(C)N(c2ccccc2)CN1c1ccccc1. The number of rotatable bonds is 2. The Hall–Kier alpha value is -1.83. The van der Waals surface area contributed by atoms with Crippen LogP contribution >= 0.6 is 0 Å². The lowest BCUT2D eigenvalue weighted by molar-refractivity contribution is 1.03. The first-order chi connectivity index (χ1) is 9.27. The summed E-state index contributed by atoms with van der Waals surface area (Å²) in [4.78, 5) is 4.94. The summed E-state index contributed by atoms with van der Waals surface area (Å²) in [5, 5.41) is 0. The van der Waals surface area contributed by atoms with Crippen LogP contribution < -0.4 is 9.62 Å². The first-order valence-corrected chi connectivity index (χ1v) is 6.91. The van der Waals surface area contributed by atoms with Crippen LogP contribution in [-0.2, 0) is 0 Å². The lowest BCUT2D eigenvalue weighted by Crippen LogP contribution is -2.41. The van der Waals surface area contributed by atoms with Crippen molar-refractivity contribution in [2.24, 2.45) is 0 Å². The van der Waals surface area contributed by atoms with Gasteiger partial charge < -0.3 is 9.62 Å². The zero-order valence-electron chi connectivity index (χ0n) is 11.5. The number of hydrogen-bond acceptors (Lipinski definition) is 2. The van der Waals surface area contributed by atoms with E-state index in [0.29, 0.717) is 13.5 Å². The van der Waals surface area contributed by atoms with Gasteiger partial charge in [0.2, 0.25) is 13.5 Å². The highest BCUT2D eigenvalue weighted by Crippen LogP contribution is 2.27. The highest BCUT2D eigenvalue weighted by Gasteiger charge is 2.40. The van der Waals surface area contributed by atoms with Crippen molar-refractivity contribution < 1.29 is 0 Å². The van der Waals surface area contributed by atoms with Gasteiger partial charge in [0.1, 0.15) is 0 Å². The van der Waals surface area contributed by atoms with E-state index in [2.05, 4.69) is 83.9 Å². The predicted octanol–water partition coefficient (Wildman–Crippen LogP) is 3.29. The molecule has 0 amide bonds. The Bertz CT molecular complexity index is 483. The molecule has 1 aliphatic rings. The van der Waals surface area contributed by atoms with Gasteiger partial charge in [0, 0.05) is 11.4 Å². The van der Waals surface area contributed by atoms with Crippen molar-refractivity contribution in [1.29, 1.82) is 0 Å². The molecule has 3 rings (SSSR count). The summed E-state index contributed by atoms with van der Waals surface area (Å²) in [6, 6.07) is 21.3. The second-order valence-electron chi connectivity index (χ2n) is 5.23. The molecule has 0 saturated carbocycles. The van der Waals surface area contributed by atoms with E-state index in [1.165, 1.54) is 11.4 Å². The molecule has 1 heterocycles. The van der Waals surface area contributed by atoms with Crippen LogP contribution in [0.3, 0.4) is 0 Å². The summed E-state index contributed by atoms with van der Waals surface area (Å²) in [7, 11) is 0. The maximum atomic E-state index is 2.47. The van der Waals surface area contributed by atoms with Crippen LogP contribution in [-0.4, -0.2) is 20.1 Å². The highest BCUT2D eigenvalue weighted by atomic mass is 15.3. The molecule has 2 nitrogen and oxygen atoms in total. The zero-order valence-corrected chi connectivity index (χ0v) is 11.5. The highest BCUT2D eigenvalue weighted by molar-refractivity contribution is 7.25. The van der Waals surface area contributed by atoms with Crippen molar-refractivity contribution in [2.75, 3.05) is 16.3 Å². The molecule has 19 heavy (non-hydrogen) atoms. The Morgan fingerprint density at radius 2 is 1.05 bits per heavy atom. The van der Waals surface area contributed by atoms with Crippen molar-refractivity contribution >= 4 is 24.9 Å². The first kappa shape index (κ1) is 12.2. The fourth-order valence-electron chi connectivity index (χ4n) is 2.82. The molecule has 0 radical (unpaired) electrons. The fraction of sp³-hybridized carbons (Fsp3) is 0.200. The monoisotopic (exact) mass is 248 g/mol. The van der Waals surface area contributed by atoms with E-state index in [1.807, 2.05) is 0 Å². The maximum absolute atomic E-state index is 2.47. The molecule has 2 aromatic rings. The van der Waals surface area contributed by atoms with Gasteiger partial charge in [-0.2, -0.15) is 0 Å². The second kappa shape index (κ2) is 5.04. The number of benzene rings is 2. The average molecular weight is 248 g/mol. The molecule has 0 spiro atoms. The molecule has 0 aromatic heterocycles. The number of nitrogens with zero attached hydrogens (tertiary/aromatic N) is 2. The number of para-hydroxylation sites is 2. The van der Waals surface area contributed by atoms with Crippen molar-refractivity contribution in [1.82, 2.24) is 0 Å². The van der Waals surface area contributed by atoms with Crippen LogP contribution in [0.2, 0.25) is 13.6 Å². The molecular formula is C15H18B2N2. The third kappa shape index (κ3) is 2.23. The summed E-state index contributed by atoms with van der Waals surface area (Å²) >= 11 is 0. The Morgan fingerprint density at radius 3 is 1.42 bits per heavy atom. The zero-order chi connectivity index (χ0) is 13.2. The van der Waals surface area contributed by atoms with Gasteiger partial charge in [-0.25, -0.2) is 0 Å². The minimum Gasteiger partial charge on any atom is -0.405 e. The lowest BCUT2D eigenvalue weighted by Gasteiger charge is -2.25. The van der Waals surface area contributed by atoms with Gasteiger partial charge in [-0.1, -0.05) is 50.0 Å². The Kier molecular flexibility index (Phi) is 3.24. The van der Waals surface area contributed by atoms with E-state index >= 15 is 0 Å². The van der Waals surface area contributed by atoms with Crippen LogP contribution in [0.1, 0.15) is 0 Å². The van der Waals surface area contributed by atoms with Crippen molar-refractivity contribution in [3.63, 3.8) is 0 Å². The molecule has 94 valence electrons. The second-order valence-corrected chi connectivity index (χ2v) is 5.23. The standard InChI is InChI=1S/C15H18B2N2/c1-16-17(2)19(15-11-7-4-8-12-15)13-18(16)14-9-5-3-6-10-14/h3-12H,13H2,1-2H3. The van der Waals surface area contributed by atoms with Crippen molar-refractivity contribution in [2.45, 2.75) is 13.6 Å². The van der Waals surface area contributed by atoms with E-state index in [9.17, 15) is 0 Å². The topological polar surface area (TPSA) is 6.48 Å². The minimum absolute atomic E-state index is 0.516. The maximum Gasteiger partial charge on any atom is 0.245 e. The smallest absolute Gasteiger partial charge is 0.245 e. The Morgan fingerprint density at radius 1 is 0.684 bits per heavy atom. The van der Waals surface area contributed by atoms with Crippen LogP contribution in [0, 0.1) is 0 Å². The van der Waals surface area contributed by atoms with E-state index in [4.69, 9.17) is 0 Å². The first-order valence-electron chi connectivity index (χ1n) is 6.91. The quantitative estimate of drug-likeness (QED) is 0.752. The van der Waals surface area contributed by atoms with Gasteiger partial charge in [-0.15, -0.1) is 0 Å². The van der Waals surface area contributed by atoms with E-state index in [1.54, 1.807) is 0 Å². The van der Waals surface area contributed by atoms with E-state index in [-0.39, 0.29) is 0 Å².